The summed E-state index contributed by atoms with van der Waals surface area (Å²) in [6, 6.07) is 3.46. The van der Waals surface area contributed by atoms with Crippen molar-refractivity contribution in [2.45, 2.75) is 45.4 Å². The number of aromatic nitrogens is 1. The number of nitrogens with one attached hydrogen (secondary N) is 2. The third-order valence-electron chi connectivity index (χ3n) is 2.74. The number of anilines is 1. The number of urea groups is 1. The van der Waals surface area contributed by atoms with E-state index < -0.39 is 0 Å². The van der Waals surface area contributed by atoms with Crippen molar-refractivity contribution in [1.29, 1.82) is 0 Å². The fraction of sp³-hybridized carbons (Fsp3) is 0.571. The van der Waals surface area contributed by atoms with E-state index >= 15 is 0 Å². The molecule has 0 saturated heterocycles. The van der Waals surface area contributed by atoms with E-state index in [4.69, 9.17) is 0 Å². The molecule has 0 aliphatic carbocycles. The van der Waals surface area contributed by atoms with Gasteiger partial charge in [0.15, 0.2) is 0 Å². The van der Waals surface area contributed by atoms with Gasteiger partial charge in [0.1, 0.15) is 0 Å². The van der Waals surface area contributed by atoms with Gasteiger partial charge >= 0.3 is 6.03 Å². The van der Waals surface area contributed by atoms with Gasteiger partial charge in [0.25, 0.3) is 0 Å². The van der Waals surface area contributed by atoms with E-state index in [0.29, 0.717) is 0 Å². The van der Waals surface area contributed by atoms with Gasteiger partial charge in [-0.1, -0.05) is 39.0 Å². The van der Waals surface area contributed by atoms with Crippen LogP contribution in [0.25, 0.3) is 0 Å². The van der Waals surface area contributed by atoms with Gasteiger partial charge in [-0.05, 0) is 18.6 Å². The Kier molecular flexibility index (Phi) is 7.60. The maximum atomic E-state index is 11.5. The van der Waals surface area contributed by atoms with Gasteiger partial charge in [-0.2, -0.15) is 0 Å². The molecule has 0 spiro atoms. The zero-order chi connectivity index (χ0) is 13.1. The Hall–Kier alpha value is -1.58. The second kappa shape index (κ2) is 9.45. The summed E-state index contributed by atoms with van der Waals surface area (Å²) >= 11 is 0. The second-order valence-electron chi connectivity index (χ2n) is 4.39. The molecule has 0 aliphatic rings. The van der Waals surface area contributed by atoms with Crippen molar-refractivity contribution in [2.24, 2.45) is 0 Å². The Morgan fingerprint density at radius 3 is 2.72 bits per heavy atom. The highest BCUT2D eigenvalue weighted by Gasteiger charge is 1.99. The first-order valence-electron chi connectivity index (χ1n) is 6.78. The summed E-state index contributed by atoms with van der Waals surface area (Å²) in [5.74, 6) is 0. The fourth-order valence-electron chi connectivity index (χ4n) is 1.72. The summed E-state index contributed by atoms with van der Waals surface area (Å²) < 4.78 is 0. The lowest BCUT2D eigenvalue weighted by Crippen LogP contribution is -2.29. The molecule has 18 heavy (non-hydrogen) atoms. The summed E-state index contributed by atoms with van der Waals surface area (Å²) in [6.45, 7) is 2.95. The monoisotopic (exact) mass is 249 g/mol. The number of nitrogens with zero attached hydrogens (tertiary/aromatic N) is 1. The van der Waals surface area contributed by atoms with Crippen LogP contribution in [0.3, 0.4) is 0 Å². The van der Waals surface area contributed by atoms with Gasteiger partial charge in [0, 0.05) is 12.7 Å². The Morgan fingerprint density at radius 1 is 1.22 bits per heavy atom. The molecule has 2 N–H and O–H groups in total. The fourth-order valence-corrected chi connectivity index (χ4v) is 1.72. The van der Waals surface area contributed by atoms with E-state index in [1.54, 1.807) is 18.5 Å². The molecule has 1 rings (SSSR count). The first-order chi connectivity index (χ1) is 8.83. The van der Waals surface area contributed by atoms with Crippen molar-refractivity contribution < 1.29 is 4.79 Å². The van der Waals surface area contributed by atoms with Gasteiger partial charge in [-0.15, -0.1) is 0 Å². The van der Waals surface area contributed by atoms with Crippen LogP contribution in [0.5, 0.6) is 0 Å². The third-order valence-corrected chi connectivity index (χ3v) is 2.74. The molecule has 0 radical (unpaired) electrons. The van der Waals surface area contributed by atoms with Crippen LogP contribution in [0.15, 0.2) is 24.5 Å². The summed E-state index contributed by atoms with van der Waals surface area (Å²) in [5, 5.41) is 5.58. The average Bonchev–Trinajstić information content (AvgIpc) is 2.39. The summed E-state index contributed by atoms with van der Waals surface area (Å²) in [6.07, 6.45) is 10.7. The van der Waals surface area contributed by atoms with Gasteiger partial charge in [0.05, 0.1) is 11.9 Å². The first kappa shape index (κ1) is 14.5. The minimum absolute atomic E-state index is 0.156. The molecule has 0 aliphatic heterocycles. The van der Waals surface area contributed by atoms with Crippen LogP contribution in [0.1, 0.15) is 45.4 Å². The molecular weight excluding hydrogens is 226 g/mol. The van der Waals surface area contributed by atoms with Crippen LogP contribution >= 0.6 is 0 Å². The highest BCUT2D eigenvalue weighted by molar-refractivity contribution is 5.88. The Balaban J connectivity index is 2.00. The predicted molar refractivity (Wildman–Crippen MR) is 74.6 cm³/mol. The number of rotatable bonds is 8. The van der Waals surface area contributed by atoms with Crippen molar-refractivity contribution in [3.63, 3.8) is 0 Å². The molecule has 0 bridgehead atoms. The molecule has 1 aromatic rings. The standard InChI is InChI=1S/C14H23N3O/c1-2-3-4-5-6-7-11-16-14(18)17-13-9-8-10-15-12-13/h8-10,12H,2-7,11H2,1H3,(H2,16,17,18). The Bertz CT molecular complexity index is 327. The molecule has 1 heterocycles. The number of hydrogen-bond donors (Lipinski definition) is 2. The molecular formula is C14H23N3O. The van der Waals surface area contributed by atoms with Crippen molar-refractivity contribution in [2.75, 3.05) is 11.9 Å². The van der Waals surface area contributed by atoms with E-state index in [1.165, 1.54) is 32.1 Å². The van der Waals surface area contributed by atoms with Crippen LogP contribution in [0.4, 0.5) is 10.5 Å². The molecule has 2 amide bonds. The van der Waals surface area contributed by atoms with E-state index in [-0.39, 0.29) is 6.03 Å². The lowest BCUT2D eigenvalue weighted by molar-refractivity contribution is 0.252. The molecule has 0 atom stereocenters. The topological polar surface area (TPSA) is 54.0 Å². The quantitative estimate of drug-likeness (QED) is 0.692. The lowest BCUT2D eigenvalue weighted by Gasteiger charge is -2.06. The second-order valence-corrected chi connectivity index (χ2v) is 4.39. The van der Waals surface area contributed by atoms with Crippen molar-refractivity contribution >= 4 is 11.7 Å². The average molecular weight is 249 g/mol. The Labute approximate surface area is 109 Å². The van der Waals surface area contributed by atoms with Crippen LogP contribution < -0.4 is 10.6 Å². The Morgan fingerprint density at radius 2 is 2.00 bits per heavy atom. The maximum Gasteiger partial charge on any atom is 0.319 e. The molecule has 0 saturated carbocycles. The number of amides is 2. The minimum atomic E-state index is -0.156. The first-order valence-corrected chi connectivity index (χ1v) is 6.78. The van der Waals surface area contributed by atoms with E-state index in [1.807, 2.05) is 6.07 Å². The minimum Gasteiger partial charge on any atom is -0.338 e. The SMILES string of the molecule is CCCCCCCCNC(=O)Nc1cccnc1. The summed E-state index contributed by atoms with van der Waals surface area (Å²) in [5.41, 5.74) is 0.720. The van der Waals surface area contributed by atoms with Crippen molar-refractivity contribution in [3.05, 3.63) is 24.5 Å². The lowest BCUT2D eigenvalue weighted by atomic mass is 10.1. The largest absolute Gasteiger partial charge is 0.338 e. The number of carbonyl (C=O) groups is 1. The molecule has 0 unspecified atom stereocenters. The molecule has 0 aromatic carbocycles. The number of carbonyl (C=O) groups excluding carboxylic acids is 1. The molecule has 1 aromatic heterocycles. The number of unbranched alkanes of at least 4 members (excludes halogenated alkanes) is 5. The van der Waals surface area contributed by atoms with Gasteiger partial charge in [0.2, 0.25) is 0 Å². The predicted octanol–water partition coefficient (Wildman–Crippen LogP) is 3.56. The highest BCUT2D eigenvalue weighted by Crippen LogP contribution is 2.04. The molecule has 0 fully saturated rings. The normalized spacial score (nSPS) is 10.1. The van der Waals surface area contributed by atoms with Crippen molar-refractivity contribution in [1.82, 2.24) is 10.3 Å². The van der Waals surface area contributed by atoms with E-state index in [2.05, 4.69) is 22.5 Å². The number of hydrogen-bond acceptors (Lipinski definition) is 2. The highest BCUT2D eigenvalue weighted by atomic mass is 16.2. The molecule has 4 heteroatoms. The molecule has 100 valence electrons. The summed E-state index contributed by atoms with van der Waals surface area (Å²) in [7, 11) is 0. The smallest absolute Gasteiger partial charge is 0.319 e. The van der Waals surface area contributed by atoms with Crippen LogP contribution in [-0.2, 0) is 0 Å². The van der Waals surface area contributed by atoms with Gasteiger partial charge in [-0.3, -0.25) is 4.98 Å². The zero-order valence-electron chi connectivity index (χ0n) is 11.1. The van der Waals surface area contributed by atoms with Crippen LogP contribution in [0, 0.1) is 0 Å². The number of pyridine rings is 1. The zero-order valence-corrected chi connectivity index (χ0v) is 11.1. The maximum absolute atomic E-state index is 11.5. The van der Waals surface area contributed by atoms with Crippen LogP contribution in [-0.4, -0.2) is 17.6 Å². The van der Waals surface area contributed by atoms with Gasteiger partial charge in [-0.25, -0.2) is 4.79 Å². The molecule has 4 nitrogen and oxygen atoms in total. The third kappa shape index (κ3) is 6.89. The van der Waals surface area contributed by atoms with E-state index in [9.17, 15) is 4.79 Å². The summed E-state index contributed by atoms with van der Waals surface area (Å²) in [4.78, 5) is 15.4. The van der Waals surface area contributed by atoms with E-state index in [0.717, 1.165) is 18.7 Å². The van der Waals surface area contributed by atoms with Crippen LogP contribution in [0.2, 0.25) is 0 Å². The van der Waals surface area contributed by atoms with Gasteiger partial charge < -0.3 is 10.6 Å². The van der Waals surface area contributed by atoms with Crippen molar-refractivity contribution in [3.8, 4) is 0 Å².